The first kappa shape index (κ1) is 16.4. The number of carbonyl (C=O) groups is 1. The Bertz CT molecular complexity index is 855. The van der Waals surface area contributed by atoms with Gasteiger partial charge >= 0.3 is 5.97 Å². The molecule has 0 unspecified atom stereocenters. The van der Waals surface area contributed by atoms with Crippen molar-refractivity contribution in [2.24, 2.45) is 0 Å². The first-order valence-corrected chi connectivity index (χ1v) is 7.66. The van der Waals surface area contributed by atoms with Crippen LogP contribution in [0.15, 0.2) is 61.1 Å². The fraction of sp³-hybridized carbons (Fsp3) is 0.111. The fourth-order valence-corrected chi connectivity index (χ4v) is 2.22. The summed E-state index contributed by atoms with van der Waals surface area (Å²) in [5.41, 5.74) is 2.08. The van der Waals surface area contributed by atoms with Gasteiger partial charge in [-0.15, -0.1) is 0 Å². The monoisotopic (exact) mass is 335 g/mol. The Morgan fingerprint density at radius 2 is 2.00 bits per heavy atom. The number of nitrogens with one attached hydrogen (secondary N) is 2. The van der Waals surface area contributed by atoms with Crippen LogP contribution in [0.5, 0.6) is 0 Å². The molecule has 0 aliphatic heterocycles. The number of esters is 1. The average molecular weight is 335 g/mol. The Labute approximate surface area is 145 Å². The maximum absolute atomic E-state index is 11.8. The summed E-state index contributed by atoms with van der Waals surface area (Å²) in [6.07, 6.45) is 5.15. The predicted octanol–water partition coefficient (Wildman–Crippen LogP) is 3.01. The van der Waals surface area contributed by atoms with Crippen molar-refractivity contribution in [1.82, 2.24) is 15.0 Å². The molecule has 0 amide bonds. The molecule has 1 aromatic carbocycles. The fourth-order valence-electron chi connectivity index (χ4n) is 2.22. The maximum atomic E-state index is 11.8. The molecule has 0 aliphatic rings. The molecule has 0 bridgehead atoms. The van der Waals surface area contributed by atoms with Crippen LogP contribution >= 0.6 is 0 Å². The highest BCUT2D eigenvalue weighted by Gasteiger charge is 2.11. The Morgan fingerprint density at radius 1 is 1.12 bits per heavy atom. The third kappa shape index (κ3) is 4.29. The largest absolute Gasteiger partial charge is 0.465 e. The average Bonchev–Trinajstić information content (AvgIpc) is 2.67. The molecule has 0 radical (unpaired) electrons. The molecule has 2 N–H and O–H groups in total. The number of nitrogens with zero attached hydrogens (tertiary/aromatic N) is 3. The summed E-state index contributed by atoms with van der Waals surface area (Å²) in [6.45, 7) is 0.566. The van der Waals surface area contributed by atoms with Crippen LogP contribution in [0.25, 0.3) is 0 Å². The second-order valence-corrected chi connectivity index (χ2v) is 5.14. The number of para-hydroxylation sites is 1. The number of carbonyl (C=O) groups excluding carboxylic acids is 1. The summed E-state index contributed by atoms with van der Waals surface area (Å²) < 4.78 is 4.80. The number of ether oxygens (including phenoxy) is 1. The molecular weight excluding hydrogens is 318 g/mol. The topological polar surface area (TPSA) is 89.0 Å². The first-order chi connectivity index (χ1) is 12.3. The number of aromatic nitrogens is 3. The standard InChI is InChI=1S/C18H17N5O2/c1-25-17(24)14-6-2-3-7-15(14)22-16-8-10-20-18(23-16)21-12-13-5-4-9-19-11-13/h2-11H,12H2,1H3,(H2,20,21,22,23). The normalized spacial score (nSPS) is 10.1. The summed E-state index contributed by atoms with van der Waals surface area (Å²) in [5.74, 6) is 0.636. The number of benzene rings is 1. The van der Waals surface area contributed by atoms with Crippen molar-refractivity contribution >= 4 is 23.4 Å². The molecule has 0 fully saturated rings. The quantitative estimate of drug-likeness (QED) is 0.669. The molecule has 0 aliphatic carbocycles. The second kappa shape index (κ2) is 7.87. The second-order valence-electron chi connectivity index (χ2n) is 5.14. The van der Waals surface area contributed by atoms with Crippen LogP contribution in [-0.2, 0) is 11.3 Å². The highest BCUT2D eigenvalue weighted by atomic mass is 16.5. The van der Waals surface area contributed by atoms with Crippen molar-refractivity contribution < 1.29 is 9.53 Å². The van der Waals surface area contributed by atoms with Gasteiger partial charge in [-0.05, 0) is 29.8 Å². The molecule has 126 valence electrons. The van der Waals surface area contributed by atoms with Crippen LogP contribution < -0.4 is 10.6 Å². The third-order valence-corrected chi connectivity index (χ3v) is 3.42. The zero-order valence-corrected chi connectivity index (χ0v) is 13.6. The van der Waals surface area contributed by atoms with Crippen LogP contribution in [0.3, 0.4) is 0 Å². The summed E-state index contributed by atoms with van der Waals surface area (Å²) in [5, 5.41) is 6.26. The minimum atomic E-state index is -0.410. The summed E-state index contributed by atoms with van der Waals surface area (Å²) in [4.78, 5) is 24.5. The highest BCUT2D eigenvalue weighted by Crippen LogP contribution is 2.20. The van der Waals surface area contributed by atoms with Gasteiger partial charge in [-0.2, -0.15) is 4.98 Å². The SMILES string of the molecule is COC(=O)c1ccccc1Nc1ccnc(NCc2cccnc2)n1. The number of methoxy groups -OCH3 is 1. The predicted molar refractivity (Wildman–Crippen MR) is 94.7 cm³/mol. The number of rotatable bonds is 6. The van der Waals surface area contributed by atoms with E-state index < -0.39 is 5.97 Å². The summed E-state index contributed by atoms with van der Waals surface area (Å²) in [7, 11) is 1.35. The Morgan fingerprint density at radius 3 is 2.80 bits per heavy atom. The molecule has 7 heteroatoms. The zero-order chi connectivity index (χ0) is 17.5. The van der Waals surface area contributed by atoms with Crippen molar-refractivity contribution in [2.75, 3.05) is 17.7 Å². The molecule has 7 nitrogen and oxygen atoms in total. The molecule has 25 heavy (non-hydrogen) atoms. The van der Waals surface area contributed by atoms with E-state index in [0.29, 0.717) is 29.6 Å². The van der Waals surface area contributed by atoms with Gasteiger partial charge in [0, 0.05) is 25.1 Å². The van der Waals surface area contributed by atoms with Gasteiger partial charge in [-0.1, -0.05) is 18.2 Å². The Kier molecular flexibility index (Phi) is 5.16. The zero-order valence-electron chi connectivity index (χ0n) is 13.6. The Balaban J connectivity index is 1.73. The molecular formula is C18H17N5O2. The molecule has 0 saturated heterocycles. The van der Waals surface area contributed by atoms with E-state index in [1.165, 1.54) is 7.11 Å². The van der Waals surface area contributed by atoms with Gasteiger partial charge < -0.3 is 15.4 Å². The molecule has 0 atom stereocenters. The van der Waals surface area contributed by atoms with E-state index in [-0.39, 0.29) is 0 Å². The van der Waals surface area contributed by atoms with E-state index >= 15 is 0 Å². The third-order valence-electron chi connectivity index (χ3n) is 3.42. The van der Waals surface area contributed by atoms with E-state index in [0.717, 1.165) is 5.56 Å². The van der Waals surface area contributed by atoms with Crippen LogP contribution in [0.1, 0.15) is 15.9 Å². The van der Waals surface area contributed by atoms with E-state index in [4.69, 9.17) is 4.74 Å². The lowest BCUT2D eigenvalue weighted by Crippen LogP contribution is -2.08. The summed E-state index contributed by atoms with van der Waals surface area (Å²) >= 11 is 0. The maximum Gasteiger partial charge on any atom is 0.339 e. The number of pyridine rings is 1. The minimum absolute atomic E-state index is 0.410. The lowest BCUT2D eigenvalue weighted by Gasteiger charge is -2.11. The molecule has 0 saturated carbocycles. The number of hydrogen-bond acceptors (Lipinski definition) is 7. The molecule has 2 heterocycles. The molecule has 0 spiro atoms. The summed E-state index contributed by atoms with van der Waals surface area (Å²) in [6, 6.07) is 12.7. The van der Waals surface area contributed by atoms with E-state index in [1.54, 1.807) is 42.9 Å². The van der Waals surface area contributed by atoms with Crippen molar-refractivity contribution in [1.29, 1.82) is 0 Å². The van der Waals surface area contributed by atoms with Gasteiger partial charge in [0.15, 0.2) is 0 Å². The van der Waals surface area contributed by atoms with Crippen molar-refractivity contribution in [3.05, 3.63) is 72.2 Å². The lowest BCUT2D eigenvalue weighted by atomic mass is 10.2. The highest BCUT2D eigenvalue weighted by molar-refractivity contribution is 5.96. The van der Waals surface area contributed by atoms with Gasteiger partial charge in [-0.25, -0.2) is 9.78 Å². The van der Waals surface area contributed by atoms with E-state index in [1.807, 2.05) is 18.2 Å². The van der Waals surface area contributed by atoms with Crippen molar-refractivity contribution in [2.45, 2.75) is 6.54 Å². The van der Waals surface area contributed by atoms with Crippen LogP contribution in [-0.4, -0.2) is 28.0 Å². The van der Waals surface area contributed by atoms with E-state index in [9.17, 15) is 4.79 Å². The number of anilines is 3. The molecule has 3 rings (SSSR count). The van der Waals surface area contributed by atoms with Crippen LogP contribution in [0.2, 0.25) is 0 Å². The van der Waals surface area contributed by atoms with Gasteiger partial charge in [0.1, 0.15) is 5.82 Å². The van der Waals surface area contributed by atoms with Gasteiger partial charge in [-0.3, -0.25) is 4.98 Å². The molecule has 2 aromatic heterocycles. The first-order valence-electron chi connectivity index (χ1n) is 7.66. The van der Waals surface area contributed by atoms with Crippen molar-refractivity contribution in [3.63, 3.8) is 0 Å². The Hall–Kier alpha value is -3.48. The van der Waals surface area contributed by atoms with E-state index in [2.05, 4.69) is 25.6 Å². The van der Waals surface area contributed by atoms with Crippen molar-refractivity contribution in [3.8, 4) is 0 Å². The van der Waals surface area contributed by atoms with Crippen LogP contribution in [0.4, 0.5) is 17.5 Å². The smallest absolute Gasteiger partial charge is 0.339 e. The van der Waals surface area contributed by atoms with Gasteiger partial charge in [0.2, 0.25) is 5.95 Å². The lowest BCUT2D eigenvalue weighted by molar-refractivity contribution is 0.0602. The van der Waals surface area contributed by atoms with Crippen LogP contribution in [0, 0.1) is 0 Å². The molecule has 3 aromatic rings. The minimum Gasteiger partial charge on any atom is -0.465 e. The van der Waals surface area contributed by atoms with Gasteiger partial charge in [0.05, 0.1) is 18.4 Å². The van der Waals surface area contributed by atoms with Gasteiger partial charge in [0.25, 0.3) is 0 Å². The number of hydrogen-bond donors (Lipinski definition) is 2.